The van der Waals surface area contributed by atoms with Crippen LogP contribution in [0.2, 0.25) is 0 Å². The van der Waals surface area contributed by atoms with Crippen molar-refractivity contribution in [2.45, 2.75) is 70.4 Å². The van der Waals surface area contributed by atoms with Crippen molar-refractivity contribution in [1.29, 1.82) is 0 Å². The Labute approximate surface area is 102 Å². The molecule has 0 radical (unpaired) electrons. The number of rotatable bonds is 2. The van der Waals surface area contributed by atoms with E-state index in [1.54, 1.807) is 0 Å². The van der Waals surface area contributed by atoms with E-state index in [-0.39, 0.29) is 12.6 Å². The molecule has 1 aliphatic heterocycles. The van der Waals surface area contributed by atoms with Crippen molar-refractivity contribution in [3.63, 3.8) is 0 Å². The van der Waals surface area contributed by atoms with E-state index < -0.39 is 0 Å². The summed E-state index contributed by atoms with van der Waals surface area (Å²) in [6.45, 7) is 0. The minimum atomic E-state index is -0.312. The van der Waals surface area contributed by atoms with Crippen LogP contribution in [0.5, 0.6) is 0 Å². The molecule has 3 aliphatic rings. The maximum Gasteiger partial charge on any atom is 0.227 e. The smallest absolute Gasteiger partial charge is 0.198 e. The summed E-state index contributed by atoms with van der Waals surface area (Å²) in [6.07, 6.45) is 10.4. The third kappa shape index (κ3) is 2.81. The van der Waals surface area contributed by atoms with E-state index in [0.717, 1.165) is 25.7 Å². The highest BCUT2D eigenvalue weighted by atomic mass is 17.4. The Morgan fingerprint density at radius 3 is 1.24 bits per heavy atom. The summed E-state index contributed by atoms with van der Waals surface area (Å²) in [5.74, 6) is 0.885. The van der Waals surface area contributed by atoms with Gasteiger partial charge in [0.1, 0.15) is 0 Å². The zero-order valence-electron chi connectivity index (χ0n) is 10.3. The summed E-state index contributed by atoms with van der Waals surface area (Å²) in [7, 11) is 0. The summed E-state index contributed by atoms with van der Waals surface area (Å²) in [4.78, 5) is 21.6. The molecule has 0 aromatic rings. The van der Waals surface area contributed by atoms with Crippen molar-refractivity contribution in [3.05, 3.63) is 0 Å². The van der Waals surface area contributed by atoms with E-state index in [2.05, 4.69) is 0 Å². The molecule has 0 aromatic heterocycles. The van der Waals surface area contributed by atoms with Crippen LogP contribution in [0.1, 0.15) is 57.8 Å². The molecule has 0 spiro atoms. The monoisotopic (exact) mass is 242 g/mol. The molecule has 17 heavy (non-hydrogen) atoms. The predicted molar refractivity (Wildman–Crippen MR) is 60.4 cm³/mol. The van der Waals surface area contributed by atoms with Crippen molar-refractivity contribution < 1.29 is 19.6 Å². The summed E-state index contributed by atoms with van der Waals surface area (Å²) in [5, 5.41) is 0. The van der Waals surface area contributed by atoms with Crippen LogP contribution in [0.15, 0.2) is 0 Å². The lowest BCUT2D eigenvalue weighted by Crippen LogP contribution is -2.40. The normalized spacial score (nSPS) is 37.4. The second kappa shape index (κ2) is 5.65. The Bertz CT molecular complexity index is 226. The summed E-state index contributed by atoms with van der Waals surface area (Å²) in [6, 6.07) is 0. The van der Waals surface area contributed by atoms with Gasteiger partial charge in [-0.25, -0.2) is 0 Å². The topological polar surface area (TPSA) is 36.9 Å². The van der Waals surface area contributed by atoms with Gasteiger partial charge in [-0.2, -0.15) is 19.6 Å². The molecule has 3 rings (SSSR count). The minimum Gasteiger partial charge on any atom is -0.198 e. The summed E-state index contributed by atoms with van der Waals surface area (Å²) in [5.41, 5.74) is 0. The Kier molecular flexibility index (Phi) is 3.96. The average Bonchev–Trinajstić information content (AvgIpc) is 2.94. The van der Waals surface area contributed by atoms with Gasteiger partial charge in [-0.3, -0.25) is 0 Å². The average molecular weight is 242 g/mol. The molecular weight excluding hydrogens is 220 g/mol. The standard InChI is InChI=1S/C13H22O4/c1-2-6-10(7-3-1)12-14-16-13(17-15-12)11-8-4-5-9-11/h10-13H,1-9H2. The molecule has 2 saturated carbocycles. The molecule has 0 unspecified atom stereocenters. The van der Waals surface area contributed by atoms with Crippen LogP contribution in [0, 0.1) is 11.8 Å². The van der Waals surface area contributed by atoms with Gasteiger partial charge < -0.3 is 0 Å². The first kappa shape index (κ1) is 11.9. The van der Waals surface area contributed by atoms with Crippen molar-refractivity contribution in [1.82, 2.24) is 0 Å². The Balaban J connectivity index is 1.46. The SMILES string of the molecule is C1CCC(C2OOC(C3CCCC3)OO2)CC1. The summed E-state index contributed by atoms with van der Waals surface area (Å²) >= 11 is 0. The Morgan fingerprint density at radius 1 is 0.471 bits per heavy atom. The van der Waals surface area contributed by atoms with Crippen LogP contribution < -0.4 is 0 Å². The van der Waals surface area contributed by atoms with Crippen molar-refractivity contribution in [3.8, 4) is 0 Å². The quantitative estimate of drug-likeness (QED) is 0.696. The van der Waals surface area contributed by atoms with Crippen molar-refractivity contribution >= 4 is 0 Å². The van der Waals surface area contributed by atoms with Crippen LogP contribution in [0.25, 0.3) is 0 Å². The first-order valence-electron chi connectivity index (χ1n) is 7.08. The highest BCUT2D eigenvalue weighted by Gasteiger charge is 2.37. The van der Waals surface area contributed by atoms with Crippen LogP contribution >= 0.6 is 0 Å². The van der Waals surface area contributed by atoms with E-state index in [9.17, 15) is 0 Å². The third-order valence-corrected chi connectivity index (χ3v) is 4.31. The van der Waals surface area contributed by atoms with Crippen LogP contribution in [-0.2, 0) is 19.6 Å². The molecule has 0 amide bonds. The van der Waals surface area contributed by atoms with Gasteiger partial charge in [0.05, 0.1) is 0 Å². The Morgan fingerprint density at radius 2 is 0.824 bits per heavy atom. The molecule has 1 heterocycles. The predicted octanol–water partition coefficient (Wildman–Crippen LogP) is 3.32. The molecule has 3 fully saturated rings. The Hall–Kier alpha value is -0.160. The highest BCUT2D eigenvalue weighted by molar-refractivity contribution is 4.71. The molecule has 4 nitrogen and oxygen atoms in total. The van der Waals surface area contributed by atoms with Gasteiger partial charge >= 0.3 is 0 Å². The lowest BCUT2D eigenvalue weighted by Gasteiger charge is -2.34. The summed E-state index contributed by atoms with van der Waals surface area (Å²) < 4.78 is 0. The van der Waals surface area contributed by atoms with Gasteiger partial charge in [0, 0.05) is 11.8 Å². The molecule has 0 bridgehead atoms. The molecule has 1 saturated heterocycles. The van der Waals surface area contributed by atoms with Crippen LogP contribution in [-0.4, -0.2) is 12.6 Å². The number of hydrogen-bond donors (Lipinski definition) is 0. The second-order valence-electron chi connectivity index (χ2n) is 5.56. The third-order valence-electron chi connectivity index (χ3n) is 4.31. The van der Waals surface area contributed by atoms with Gasteiger partial charge in [-0.1, -0.05) is 32.1 Å². The van der Waals surface area contributed by atoms with Gasteiger partial charge in [0.25, 0.3) is 0 Å². The van der Waals surface area contributed by atoms with Crippen molar-refractivity contribution in [2.75, 3.05) is 0 Å². The molecule has 98 valence electrons. The van der Waals surface area contributed by atoms with E-state index in [4.69, 9.17) is 19.6 Å². The first-order valence-corrected chi connectivity index (χ1v) is 7.08. The van der Waals surface area contributed by atoms with Crippen LogP contribution in [0.4, 0.5) is 0 Å². The highest BCUT2D eigenvalue weighted by Crippen LogP contribution is 2.35. The van der Waals surface area contributed by atoms with E-state index in [1.165, 1.54) is 32.1 Å². The molecule has 2 aliphatic carbocycles. The maximum atomic E-state index is 5.40. The maximum absolute atomic E-state index is 5.40. The van der Waals surface area contributed by atoms with Gasteiger partial charge in [-0.05, 0) is 25.7 Å². The van der Waals surface area contributed by atoms with E-state index in [1.807, 2.05) is 0 Å². The van der Waals surface area contributed by atoms with E-state index in [0.29, 0.717) is 11.8 Å². The van der Waals surface area contributed by atoms with Gasteiger partial charge in [-0.15, -0.1) is 0 Å². The fourth-order valence-corrected chi connectivity index (χ4v) is 3.20. The minimum absolute atomic E-state index is 0.308. The number of hydrogen-bond acceptors (Lipinski definition) is 4. The molecule has 0 atom stereocenters. The lowest BCUT2D eigenvalue weighted by atomic mass is 9.89. The van der Waals surface area contributed by atoms with Crippen LogP contribution in [0.3, 0.4) is 0 Å². The fourth-order valence-electron chi connectivity index (χ4n) is 3.20. The largest absolute Gasteiger partial charge is 0.227 e. The molecule has 0 N–H and O–H groups in total. The molecular formula is C13H22O4. The van der Waals surface area contributed by atoms with Gasteiger partial charge in [0.2, 0.25) is 12.6 Å². The van der Waals surface area contributed by atoms with E-state index >= 15 is 0 Å². The second-order valence-corrected chi connectivity index (χ2v) is 5.56. The van der Waals surface area contributed by atoms with Gasteiger partial charge in [0.15, 0.2) is 0 Å². The van der Waals surface area contributed by atoms with Crippen molar-refractivity contribution in [2.24, 2.45) is 11.8 Å². The zero-order chi connectivity index (χ0) is 11.5. The first-order chi connectivity index (χ1) is 8.43. The fraction of sp³-hybridized carbons (Fsp3) is 1.00. The molecule has 4 heteroatoms. The molecule has 0 aromatic carbocycles. The lowest BCUT2D eigenvalue weighted by molar-refractivity contribution is -0.603. The zero-order valence-corrected chi connectivity index (χ0v) is 10.3.